The molecule has 0 bridgehead atoms. The van der Waals surface area contributed by atoms with Crippen LogP contribution in [0.25, 0.3) is 0 Å². The van der Waals surface area contributed by atoms with Gasteiger partial charge in [0, 0.05) is 32.9 Å². The molecule has 1 aromatic rings. The van der Waals surface area contributed by atoms with Gasteiger partial charge < -0.3 is 24.8 Å². The average molecular weight is 381 g/mol. The molecule has 7 heteroatoms. The van der Waals surface area contributed by atoms with E-state index in [4.69, 9.17) is 14.2 Å². The molecule has 27 heavy (non-hydrogen) atoms. The molecule has 0 aliphatic carbocycles. The van der Waals surface area contributed by atoms with Gasteiger partial charge in [0.2, 0.25) is 0 Å². The molecule has 1 aliphatic heterocycles. The van der Waals surface area contributed by atoms with Crippen LogP contribution in [-0.2, 0) is 9.47 Å². The van der Waals surface area contributed by atoms with E-state index < -0.39 is 0 Å². The van der Waals surface area contributed by atoms with Crippen molar-refractivity contribution in [3.63, 3.8) is 0 Å². The van der Waals surface area contributed by atoms with E-state index in [1.165, 1.54) is 6.07 Å². The predicted molar refractivity (Wildman–Crippen MR) is 105 cm³/mol. The number of hydrogen-bond donors (Lipinski definition) is 2. The summed E-state index contributed by atoms with van der Waals surface area (Å²) in [4.78, 5) is 4.52. The fraction of sp³-hybridized carbons (Fsp3) is 0.650. The van der Waals surface area contributed by atoms with Crippen LogP contribution in [0.4, 0.5) is 4.39 Å². The minimum atomic E-state index is -0.358. The van der Waals surface area contributed by atoms with E-state index >= 15 is 0 Å². The molecule has 2 N–H and O–H groups in total. The highest BCUT2D eigenvalue weighted by atomic mass is 19.1. The number of ether oxygens (including phenoxy) is 3. The molecule has 1 atom stereocenters. The maximum atomic E-state index is 13.6. The number of nitrogens with zero attached hydrogens (tertiary/aromatic N) is 1. The largest absolute Gasteiger partial charge is 0.486 e. The average Bonchev–Trinajstić information content (AvgIpc) is 2.68. The molecule has 0 saturated carbocycles. The van der Waals surface area contributed by atoms with Gasteiger partial charge in [-0.25, -0.2) is 9.38 Å². The predicted octanol–water partition coefficient (Wildman–Crippen LogP) is 2.73. The number of benzene rings is 1. The lowest BCUT2D eigenvalue weighted by Gasteiger charge is -2.22. The molecule has 1 fully saturated rings. The van der Waals surface area contributed by atoms with Crippen LogP contribution in [0, 0.1) is 5.82 Å². The summed E-state index contributed by atoms with van der Waals surface area (Å²) >= 11 is 0. The third-order valence-electron chi connectivity index (χ3n) is 4.15. The number of guanidine groups is 1. The summed E-state index contributed by atoms with van der Waals surface area (Å²) in [7, 11) is 0. The van der Waals surface area contributed by atoms with Crippen molar-refractivity contribution in [2.75, 3.05) is 39.5 Å². The molecular weight excluding hydrogens is 349 g/mol. The highest BCUT2D eigenvalue weighted by Gasteiger charge is 2.13. The Bertz CT molecular complexity index is 565. The van der Waals surface area contributed by atoms with Crippen LogP contribution >= 0.6 is 0 Å². The Morgan fingerprint density at radius 2 is 2.07 bits per heavy atom. The van der Waals surface area contributed by atoms with Crippen molar-refractivity contribution in [1.29, 1.82) is 0 Å². The van der Waals surface area contributed by atoms with Crippen LogP contribution in [0.1, 0.15) is 33.1 Å². The third-order valence-corrected chi connectivity index (χ3v) is 4.15. The molecule has 2 rings (SSSR count). The summed E-state index contributed by atoms with van der Waals surface area (Å²) in [5, 5.41) is 6.50. The Morgan fingerprint density at radius 1 is 1.30 bits per heavy atom. The summed E-state index contributed by atoms with van der Waals surface area (Å²) in [6.45, 7) is 8.20. The van der Waals surface area contributed by atoms with Crippen molar-refractivity contribution in [3.05, 3.63) is 30.1 Å². The molecule has 1 aromatic carbocycles. The smallest absolute Gasteiger partial charge is 0.191 e. The van der Waals surface area contributed by atoms with Crippen LogP contribution < -0.4 is 15.4 Å². The monoisotopic (exact) mass is 381 g/mol. The molecular formula is C20H32FN3O3. The van der Waals surface area contributed by atoms with E-state index in [1.807, 2.05) is 13.8 Å². The van der Waals surface area contributed by atoms with Gasteiger partial charge in [-0.2, -0.15) is 0 Å². The van der Waals surface area contributed by atoms with Gasteiger partial charge in [-0.05, 0) is 45.2 Å². The highest BCUT2D eigenvalue weighted by molar-refractivity contribution is 5.79. The van der Waals surface area contributed by atoms with Gasteiger partial charge in [-0.15, -0.1) is 0 Å². The van der Waals surface area contributed by atoms with E-state index in [0.29, 0.717) is 12.6 Å². The molecule has 0 aromatic heterocycles. The minimum absolute atomic E-state index is 0.228. The Balaban J connectivity index is 1.67. The second-order valence-corrected chi connectivity index (χ2v) is 6.54. The lowest BCUT2D eigenvalue weighted by molar-refractivity contribution is -0.0320. The van der Waals surface area contributed by atoms with Crippen molar-refractivity contribution < 1.29 is 18.6 Å². The molecule has 6 nitrogen and oxygen atoms in total. The van der Waals surface area contributed by atoms with Crippen molar-refractivity contribution in [3.8, 4) is 5.75 Å². The highest BCUT2D eigenvalue weighted by Crippen LogP contribution is 2.17. The van der Waals surface area contributed by atoms with E-state index in [2.05, 4.69) is 15.6 Å². The topological polar surface area (TPSA) is 64.1 Å². The number of hydrogen-bond acceptors (Lipinski definition) is 4. The van der Waals surface area contributed by atoms with Crippen LogP contribution in [0.2, 0.25) is 0 Å². The number of nitrogens with one attached hydrogen (secondary N) is 2. The summed E-state index contributed by atoms with van der Waals surface area (Å²) in [6.07, 6.45) is 2.98. The van der Waals surface area contributed by atoms with Gasteiger partial charge in [0.15, 0.2) is 17.5 Å². The first kappa shape index (κ1) is 21.4. The van der Waals surface area contributed by atoms with Gasteiger partial charge in [0.05, 0.1) is 12.6 Å². The maximum absolute atomic E-state index is 13.6. The first-order valence-corrected chi connectivity index (χ1v) is 9.81. The second kappa shape index (κ2) is 12.5. The minimum Gasteiger partial charge on any atom is -0.486 e. The zero-order valence-corrected chi connectivity index (χ0v) is 16.4. The standard InChI is InChI=1S/C20H32FN3O3/c1-3-22-20(23-11-6-12-26-17-9-13-25-14-10-17)24-15-16(2)27-19-8-5-4-7-18(19)21/h4-5,7-8,16-17H,3,6,9-15H2,1-2H3,(H2,22,23,24). The lowest BCUT2D eigenvalue weighted by atomic mass is 10.1. The normalized spacial score (nSPS) is 16.8. The Labute approximate surface area is 161 Å². The SMILES string of the molecule is CCNC(=NCC(C)Oc1ccccc1F)NCCCOC1CCOCC1. The Hall–Kier alpha value is -1.86. The summed E-state index contributed by atoms with van der Waals surface area (Å²) in [5.41, 5.74) is 0. The fourth-order valence-electron chi connectivity index (χ4n) is 2.73. The Morgan fingerprint density at radius 3 is 2.81 bits per heavy atom. The van der Waals surface area contributed by atoms with Gasteiger partial charge in [-0.3, -0.25) is 0 Å². The van der Waals surface area contributed by atoms with Crippen molar-refractivity contribution >= 4 is 5.96 Å². The van der Waals surface area contributed by atoms with E-state index in [0.717, 1.165) is 58.1 Å². The van der Waals surface area contributed by atoms with E-state index in [1.54, 1.807) is 18.2 Å². The van der Waals surface area contributed by atoms with Crippen molar-refractivity contribution in [1.82, 2.24) is 10.6 Å². The number of halogens is 1. The quantitative estimate of drug-likeness (QED) is 0.371. The van der Waals surface area contributed by atoms with E-state index in [9.17, 15) is 4.39 Å². The lowest BCUT2D eigenvalue weighted by Crippen LogP contribution is -2.39. The molecule has 1 heterocycles. The Kier molecular flexibility index (Phi) is 9.94. The number of aliphatic imine (C=N–C) groups is 1. The van der Waals surface area contributed by atoms with Crippen molar-refractivity contribution in [2.24, 2.45) is 4.99 Å². The second-order valence-electron chi connectivity index (χ2n) is 6.54. The van der Waals surface area contributed by atoms with Gasteiger partial charge in [0.1, 0.15) is 6.10 Å². The zero-order valence-electron chi connectivity index (χ0n) is 16.4. The van der Waals surface area contributed by atoms with Crippen molar-refractivity contribution in [2.45, 2.75) is 45.3 Å². The van der Waals surface area contributed by atoms with Gasteiger partial charge in [0.25, 0.3) is 0 Å². The molecule has 0 spiro atoms. The first-order valence-electron chi connectivity index (χ1n) is 9.81. The van der Waals surface area contributed by atoms with Gasteiger partial charge >= 0.3 is 0 Å². The molecule has 0 amide bonds. The van der Waals surface area contributed by atoms with Crippen LogP contribution in [0.3, 0.4) is 0 Å². The van der Waals surface area contributed by atoms with Crippen LogP contribution in [0.15, 0.2) is 29.3 Å². The van der Waals surface area contributed by atoms with Crippen LogP contribution in [0.5, 0.6) is 5.75 Å². The third kappa shape index (κ3) is 8.58. The summed E-state index contributed by atoms with van der Waals surface area (Å²) in [5.74, 6) is 0.624. The van der Waals surface area contributed by atoms with Gasteiger partial charge in [-0.1, -0.05) is 12.1 Å². The number of para-hydroxylation sites is 1. The maximum Gasteiger partial charge on any atom is 0.191 e. The molecule has 152 valence electrons. The molecule has 1 aliphatic rings. The molecule has 1 unspecified atom stereocenters. The number of rotatable bonds is 10. The van der Waals surface area contributed by atoms with Crippen LogP contribution in [-0.4, -0.2) is 57.6 Å². The summed E-state index contributed by atoms with van der Waals surface area (Å²) < 4.78 is 30.4. The molecule has 1 saturated heterocycles. The first-order chi connectivity index (χ1) is 13.2. The molecule has 0 radical (unpaired) electrons. The summed E-state index contributed by atoms with van der Waals surface area (Å²) in [6, 6.07) is 6.41. The fourth-order valence-corrected chi connectivity index (χ4v) is 2.73. The van der Waals surface area contributed by atoms with E-state index in [-0.39, 0.29) is 17.7 Å². The zero-order chi connectivity index (χ0) is 19.3.